The summed E-state index contributed by atoms with van der Waals surface area (Å²) in [5, 5.41) is 3.84. The van der Waals surface area contributed by atoms with Gasteiger partial charge >= 0.3 is 0 Å². The smallest absolute Gasteiger partial charge is 0.0351 e. The van der Waals surface area contributed by atoms with Crippen LogP contribution in [0.25, 0.3) is 0 Å². The van der Waals surface area contributed by atoms with Crippen LogP contribution in [0.4, 0.5) is 0 Å². The molecule has 3 atom stereocenters. The number of halogens is 1. The molecule has 0 aromatic heterocycles. The molecule has 1 N–H and O–H groups in total. The van der Waals surface area contributed by atoms with E-state index < -0.39 is 0 Å². The van der Waals surface area contributed by atoms with Crippen LogP contribution in [0.2, 0.25) is 0 Å². The van der Waals surface area contributed by atoms with Crippen LogP contribution in [-0.4, -0.2) is 6.54 Å². The summed E-state index contributed by atoms with van der Waals surface area (Å²) in [6.07, 6.45) is 5.31. The Hall–Kier alpha value is -0.340. The van der Waals surface area contributed by atoms with Crippen molar-refractivity contribution in [1.29, 1.82) is 0 Å². The van der Waals surface area contributed by atoms with Crippen molar-refractivity contribution in [2.45, 2.75) is 59.4 Å². The van der Waals surface area contributed by atoms with Crippen molar-refractivity contribution in [2.75, 3.05) is 6.54 Å². The zero-order valence-electron chi connectivity index (χ0n) is 14.0. The first-order valence-electron chi connectivity index (χ1n) is 8.50. The lowest BCUT2D eigenvalue weighted by Gasteiger charge is -2.38. The number of rotatable bonds is 5. The Labute approximate surface area is 139 Å². The van der Waals surface area contributed by atoms with Gasteiger partial charge in [0.1, 0.15) is 0 Å². The summed E-state index contributed by atoms with van der Waals surface area (Å²) in [7, 11) is 0. The fraction of sp³-hybridized carbons (Fsp3) is 0.684. The van der Waals surface area contributed by atoms with Gasteiger partial charge in [0, 0.05) is 10.5 Å². The summed E-state index contributed by atoms with van der Waals surface area (Å²) in [5.74, 6) is 2.48. The highest BCUT2D eigenvalue weighted by molar-refractivity contribution is 9.10. The predicted octanol–water partition coefficient (Wildman–Crippen LogP) is 5.87. The van der Waals surface area contributed by atoms with Crippen LogP contribution in [0.5, 0.6) is 0 Å². The molecular weight excluding hydrogens is 322 g/mol. The fourth-order valence-electron chi connectivity index (χ4n) is 4.06. The third kappa shape index (κ3) is 4.56. The highest BCUT2D eigenvalue weighted by atomic mass is 79.9. The number of nitrogens with one attached hydrogen (secondary N) is 1. The molecule has 0 radical (unpaired) electrons. The monoisotopic (exact) mass is 351 g/mol. The van der Waals surface area contributed by atoms with E-state index >= 15 is 0 Å². The maximum Gasteiger partial charge on any atom is 0.0351 e. The molecule has 0 bridgehead atoms. The molecule has 2 rings (SSSR count). The van der Waals surface area contributed by atoms with Gasteiger partial charge in [0.2, 0.25) is 0 Å². The first-order valence-corrected chi connectivity index (χ1v) is 9.30. The van der Waals surface area contributed by atoms with Crippen LogP contribution in [0.15, 0.2) is 22.7 Å². The standard InChI is InChI=1S/C19H30BrN/c1-5-8-21-19(16-10-13(2)9-14(3)11-16)18-12-17(20)7-6-15(18)4/h6-7,12-14,16,19,21H,5,8-11H2,1-4H3. The second-order valence-electron chi connectivity index (χ2n) is 7.11. The number of benzene rings is 1. The average molecular weight is 352 g/mol. The highest BCUT2D eigenvalue weighted by Gasteiger charge is 2.31. The van der Waals surface area contributed by atoms with Crippen LogP contribution in [-0.2, 0) is 0 Å². The van der Waals surface area contributed by atoms with E-state index in [1.165, 1.54) is 41.3 Å². The topological polar surface area (TPSA) is 12.0 Å². The Balaban J connectivity index is 2.26. The SMILES string of the molecule is CCCNC(c1cc(Br)ccc1C)C1CC(C)CC(C)C1. The van der Waals surface area contributed by atoms with Gasteiger partial charge in [-0.05, 0) is 80.2 Å². The molecule has 2 heteroatoms. The summed E-state index contributed by atoms with van der Waals surface area (Å²) in [5.41, 5.74) is 2.90. The van der Waals surface area contributed by atoms with Gasteiger partial charge in [-0.25, -0.2) is 0 Å². The van der Waals surface area contributed by atoms with Crippen LogP contribution in [0.3, 0.4) is 0 Å². The lowest BCUT2D eigenvalue weighted by Crippen LogP contribution is -2.34. The summed E-state index contributed by atoms with van der Waals surface area (Å²) in [6.45, 7) is 10.5. The van der Waals surface area contributed by atoms with Crippen LogP contribution < -0.4 is 5.32 Å². The van der Waals surface area contributed by atoms with E-state index in [-0.39, 0.29) is 0 Å². The van der Waals surface area contributed by atoms with E-state index in [0.29, 0.717) is 6.04 Å². The maximum atomic E-state index is 3.84. The van der Waals surface area contributed by atoms with E-state index in [1.54, 1.807) is 0 Å². The molecule has 118 valence electrons. The van der Waals surface area contributed by atoms with Gasteiger partial charge < -0.3 is 5.32 Å². The Morgan fingerprint density at radius 3 is 2.48 bits per heavy atom. The minimum atomic E-state index is 0.507. The third-order valence-corrected chi connectivity index (χ3v) is 5.37. The van der Waals surface area contributed by atoms with E-state index in [0.717, 1.165) is 24.3 Å². The first kappa shape index (κ1) is 17.0. The number of aryl methyl sites for hydroxylation is 1. The molecule has 1 aliphatic carbocycles. The summed E-state index contributed by atoms with van der Waals surface area (Å²) in [4.78, 5) is 0. The molecule has 1 fully saturated rings. The zero-order chi connectivity index (χ0) is 15.4. The molecule has 0 spiro atoms. The molecule has 0 saturated heterocycles. The molecule has 1 aromatic rings. The van der Waals surface area contributed by atoms with Crippen molar-refractivity contribution in [3.05, 3.63) is 33.8 Å². The molecular formula is C19H30BrN. The molecule has 0 aliphatic heterocycles. The second-order valence-corrected chi connectivity index (χ2v) is 8.03. The minimum absolute atomic E-state index is 0.507. The second kappa shape index (κ2) is 7.78. The lowest BCUT2D eigenvalue weighted by atomic mass is 9.72. The largest absolute Gasteiger partial charge is 0.310 e. The zero-order valence-corrected chi connectivity index (χ0v) is 15.5. The highest BCUT2D eigenvalue weighted by Crippen LogP contribution is 2.41. The predicted molar refractivity (Wildman–Crippen MR) is 95.6 cm³/mol. The Morgan fingerprint density at radius 2 is 1.86 bits per heavy atom. The first-order chi connectivity index (χ1) is 10.0. The fourth-order valence-corrected chi connectivity index (χ4v) is 4.44. The Bertz CT molecular complexity index is 447. The quantitative estimate of drug-likeness (QED) is 0.699. The van der Waals surface area contributed by atoms with Gasteiger partial charge in [0.05, 0.1) is 0 Å². The van der Waals surface area contributed by atoms with Crippen LogP contribution in [0.1, 0.15) is 63.6 Å². The van der Waals surface area contributed by atoms with Crippen LogP contribution in [0, 0.1) is 24.7 Å². The normalized spacial score (nSPS) is 27.6. The van der Waals surface area contributed by atoms with E-state index in [1.807, 2.05) is 0 Å². The molecule has 1 aliphatic rings. The molecule has 1 nitrogen and oxygen atoms in total. The van der Waals surface area contributed by atoms with Crippen molar-refractivity contribution < 1.29 is 0 Å². The summed E-state index contributed by atoms with van der Waals surface area (Å²) < 4.78 is 1.20. The molecule has 1 aromatic carbocycles. The Kier molecular flexibility index (Phi) is 6.31. The summed E-state index contributed by atoms with van der Waals surface area (Å²) >= 11 is 3.65. The van der Waals surface area contributed by atoms with Crippen molar-refractivity contribution in [3.8, 4) is 0 Å². The summed E-state index contributed by atoms with van der Waals surface area (Å²) in [6, 6.07) is 7.23. The molecule has 0 heterocycles. The van der Waals surface area contributed by atoms with Crippen molar-refractivity contribution in [1.82, 2.24) is 5.32 Å². The molecule has 21 heavy (non-hydrogen) atoms. The van der Waals surface area contributed by atoms with Gasteiger partial charge in [-0.3, -0.25) is 0 Å². The van der Waals surface area contributed by atoms with Crippen LogP contribution >= 0.6 is 15.9 Å². The molecule has 0 amide bonds. The molecule has 1 saturated carbocycles. The van der Waals surface area contributed by atoms with E-state index in [9.17, 15) is 0 Å². The van der Waals surface area contributed by atoms with Crippen molar-refractivity contribution in [3.63, 3.8) is 0 Å². The maximum absolute atomic E-state index is 3.84. The average Bonchev–Trinajstić information content (AvgIpc) is 2.42. The third-order valence-electron chi connectivity index (χ3n) is 4.88. The van der Waals surface area contributed by atoms with Gasteiger partial charge in [-0.1, -0.05) is 42.8 Å². The van der Waals surface area contributed by atoms with Gasteiger partial charge in [0.25, 0.3) is 0 Å². The van der Waals surface area contributed by atoms with Gasteiger partial charge in [-0.2, -0.15) is 0 Å². The van der Waals surface area contributed by atoms with E-state index in [4.69, 9.17) is 0 Å². The number of hydrogen-bond donors (Lipinski definition) is 1. The van der Waals surface area contributed by atoms with Crippen molar-refractivity contribution >= 4 is 15.9 Å². The Morgan fingerprint density at radius 1 is 1.19 bits per heavy atom. The van der Waals surface area contributed by atoms with Gasteiger partial charge in [0.15, 0.2) is 0 Å². The van der Waals surface area contributed by atoms with Gasteiger partial charge in [-0.15, -0.1) is 0 Å². The molecule has 3 unspecified atom stereocenters. The lowest BCUT2D eigenvalue weighted by molar-refractivity contribution is 0.176. The number of hydrogen-bond acceptors (Lipinski definition) is 1. The van der Waals surface area contributed by atoms with Crippen molar-refractivity contribution in [2.24, 2.45) is 17.8 Å². The van der Waals surface area contributed by atoms with E-state index in [2.05, 4.69) is 67.1 Å². The minimum Gasteiger partial charge on any atom is -0.310 e.